The SMILES string of the molecule is CCCOc1ccccc1C(CCC(F)(F)F)NN. The molecule has 1 atom stereocenters. The maximum atomic E-state index is 12.3. The number of alkyl halides is 3. The zero-order valence-corrected chi connectivity index (χ0v) is 10.8. The topological polar surface area (TPSA) is 47.3 Å². The number of benzene rings is 1. The van der Waals surface area contributed by atoms with Crippen LogP contribution in [0.5, 0.6) is 5.75 Å². The van der Waals surface area contributed by atoms with E-state index in [1.54, 1.807) is 24.3 Å². The Bertz CT molecular complexity index is 382. The molecule has 0 spiro atoms. The lowest BCUT2D eigenvalue weighted by Gasteiger charge is -2.20. The number of nitrogens with one attached hydrogen (secondary N) is 1. The Hall–Kier alpha value is -1.27. The Morgan fingerprint density at radius 1 is 1.32 bits per heavy atom. The van der Waals surface area contributed by atoms with Crippen LogP contribution in [0.3, 0.4) is 0 Å². The first kappa shape index (κ1) is 15.8. The molecule has 3 N–H and O–H groups in total. The van der Waals surface area contributed by atoms with E-state index in [1.165, 1.54) is 0 Å². The van der Waals surface area contributed by atoms with Gasteiger partial charge in [-0.1, -0.05) is 25.1 Å². The summed E-state index contributed by atoms with van der Waals surface area (Å²) in [4.78, 5) is 0. The lowest BCUT2D eigenvalue weighted by atomic mass is 10.0. The highest BCUT2D eigenvalue weighted by Gasteiger charge is 2.29. The molecule has 0 bridgehead atoms. The Balaban J connectivity index is 2.79. The van der Waals surface area contributed by atoms with Crippen LogP contribution in [0.1, 0.15) is 37.8 Å². The minimum atomic E-state index is -4.19. The third-order valence-corrected chi connectivity index (χ3v) is 2.67. The van der Waals surface area contributed by atoms with Gasteiger partial charge in [-0.2, -0.15) is 13.2 Å². The van der Waals surface area contributed by atoms with E-state index in [9.17, 15) is 13.2 Å². The Labute approximate surface area is 110 Å². The van der Waals surface area contributed by atoms with E-state index in [0.717, 1.165) is 6.42 Å². The van der Waals surface area contributed by atoms with Crippen LogP contribution in [0.2, 0.25) is 0 Å². The van der Waals surface area contributed by atoms with Crippen LogP contribution in [0.25, 0.3) is 0 Å². The monoisotopic (exact) mass is 276 g/mol. The first-order chi connectivity index (χ1) is 8.98. The summed E-state index contributed by atoms with van der Waals surface area (Å²) in [6, 6.07) is 6.43. The van der Waals surface area contributed by atoms with Gasteiger partial charge in [-0.05, 0) is 18.9 Å². The van der Waals surface area contributed by atoms with Gasteiger partial charge in [-0.15, -0.1) is 0 Å². The average Bonchev–Trinajstić information content (AvgIpc) is 2.37. The summed E-state index contributed by atoms with van der Waals surface area (Å²) in [6.07, 6.45) is -4.36. The molecule has 1 unspecified atom stereocenters. The van der Waals surface area contributed by atoms with E-state index < -0.39 is 18.6 Å². The maximum Gasteiger partial charge on any atom is 0.389 e. The molecule has 0 radical (unpaired) electrons. The van der Waals surface area contributed by atoms with Crippen LogP contribution >= 0.6 is 0 Å². The second kappa shape index (κ2) is 7.35. The van der Waals surface area contributed by atoms with E-state index in [0.29, 0.717) is 17.9 Å². The van der Waals surface area contributed by atoms with Crippen LogP contribution in [0.15, 0.2) is 24.3 Å². The molecule has 0 heterocycles. The highest BCUT2D eigenvalue weighted by molar-refractivity contribution is 5.35. The van der Waals surface area contributed by atoms with E-state index in [2.05, 4.69) is 5.43 Å². The molecule has 0 amide bonds. The highest BCUT2D eigenvalue weighted by atomic mass is 19.4. The lowest BCUT2D eigenvalue weighted by molar-refractivity contribution is -0.136. The third kappa shape index (κ3) is 5.48. The Morgan fingerprint density at radius 2 is 2.00 bits per heavy atom. The summed E-state index contributed by atoms with van der Waals surface area (Å²) in [6.45, 7) is 2.48. The van der Waals surface area contributed by atoms with Gasteiger partial charge in [-0.3, -0.25) is 11.3 Å². The zero-order valence-electron chi connectivity index (χ0n) is 10.8. The molecule has 108 valence electrons. The van der Waals surface area contributed by atoms with E-state index >= 15 is 0 Å². The van der Waals surface area contributed by atoms with Crippen molar-refractivity contribution in [2.45, 2.75) is 38.4 Å². The molecule has 0 aliphatic rings. The fourth-order valence-corrected chi connectivity index (χ4v) is 1.75. The molecule has 1 aromatic carbocycles. The number of halogens is 3. The van der Waals surface area contributed by atoms with Gasteiger partial charge in [0.05, 0.1) is 6.61 Å². The molecule has 0 saturated heterocycles. The smallest absolute Gasteiger partial charge is 0.389 e. The number of hydrazine groups is 1. The van der Waals surface area contributed by atoms with Gasteiger partial charge in [0.15, 0.2) is 0 Å². The number of rotatable bonds is 7. The summed E-state index contributed by atoms with van der Waals surface area (Å²) in [5.74, 6) is 5.94. The van der Waals surface area contributed by atoms with E-state index in [1.807, 2.05) is 6.92 Å². The molecular formula is C13H19F3N2O. The van der Waals surface area contributed by atoms with Crippen molar-refractivity contribution in [2.75, 3.05) is 6.61 Å². The molecule has 1 rings (SSSR count). The van der Waals surface area contributed by atoms with Gasteiger partial charge >= 0.3 is 6.18 Å². The average molecular weight is 276 g/mol. The minimum Gasteiger partial charge on any atom is -0.493 e. The third-order valence-electron chi connectivity index (χ3n) is 2.67. The standard InChI is InChI=1S/C13H19F3N2O/c1-2-9-19-12-6-4-3-5-10(12)11(18-17)7-8-13(14,15)16/h3-6,11,18H,2,7-9,17H2,1H3. The Morgan fingerprint density at radius 3 is 2.58 bits per heavy atom. The quantitative estimate of drug-likeness (QED) is 0.593. The predicted molar refractivity (Wildman–Crippen MR) is 67.6 cm³/mol. The van der Waals surface area contributed by atoms with Crippen LogP contribution in [-0.4, -0.2) is 12.8 Å². The fourth-order valence-electron chi connectivity index (χ4n) is 1.75. The van der Waals surface area contributed by atoms with Crippen molar-refractivity contribution >= 4 is 0 Å². The van der Waals surface area contributed by atoms with Crippen LogP contribution in [0.4, 0.5) is 13.2 Å². The maximum absolute atomic E-state index is 12.3. The molecule has 0 saturated carbocycles. The van der Waals surface area contributed by atoms with Crippen molar-refractivity contribution in [1.29, 1.82) is 0 Å². The van der Waals surface area contributed by atoms with Gasteiger partial charge in [-0.25, -0.2) is 0 Å². The predicted octanol–water partition coefficient (Wildman–Crippen LogP) is 3.32. The van der Waals surface area contributed by atoms with E-state index in [-0.39, 0.29) is 6.42 Å². The number of ether oxygens (including phenoxy) is 1. The first-order valence-electron chi connectivity index (χ1n) is 6.22. The summed E-state index contributed by atoms with van der Waals surface area (Å²) >= 11 is 0. The second-order valence-electron chi connectivity index (χ2n) is 4.26. The highest BCUT2D eigenvalue weighted by Crippen LogP contribution is 2.31. The number of hydrogen-bond acceptors (Lipinski definition) is 3. The van der Waals surface area contributed by atoms with Crippen LogP contribution in [0, 0.1) is 0 Å². The Kier molecular flexibility index (Phi) is 6.11. The fraction of sp³-hybridized carbons (Fsp3) is 0.538. The van der Waals surface area contributed by atoms with Crippen molar-refractivity contribution in [1.82, 2.24) is 5.43 Å². The summed E-state index contributed by atoms with van der Waals surface area (Å²) in [5, 5.41) is 0. The molecule has 0 aromatic heterocycles. The largest absolute Gasteiger partial charge is 0.493 e. The molecule has 19 heavy (non-hydrogen) atoms. The van der Waals surface area contributed by atoms with Crippen LogP contribution in [-0.2, 0) is 0 Å². The van der Waals surface area contributed by atoms with Crippen molar-refractivity contribution in [3.8, 4) is 5.75 Å². The minimum absolute atomic E-state index is 0.119. The van der Waals surface area contributed by atoms with Crippen molar-refractivity contribution < 1.29 is 17.9 Å². The lowest BCUT2D eigenvalue weighted by Crippen LogP contribution is -2.29. The zero-order chi connectivity index (χ0) is 14.3. The normalized spacial score (nSPS) is 13.3. The summed E-state index contributed by atoms with van der Waals surface area (Å²) < 4.78 is 42.3. The molecule has 6 heteroatoms. The molecule has 0 aliphatic carbocycles. The number of para-hydroxylation sites is 1. The van der Waals surface area contributed by atoms with Gasteiger partial charge in [0.2, 0.25) is 0 Å². The summed E-state index contributed by atoms with van der Waals surface area (Å²) in [7, 11) is 0. The number of nitrogens with two attached hydrogens (primary N) is 1. The van der Waals surface area contributed by atoms with Gasteiger partial charge < -0.3 is 4.74 Å². The van der Waals surface area contributed by atoms with Crippen molar-refractivity contribution in [3.05, 3.63) is 29.8 Å². The van der Waals surface area contributed by atoms with Gasteiger partial charge in [0.25, 0.3) is 0 Å². The van der Waals surface area contributed by atoms with Gasteiger partial charge in [0, 0.05) is 18.0 Å². The van der Waals surface area contributed by atoms with Crippen molar-refractivity contribution in [3.63, 3.8) is 0 Å². The molecule has 3 nitrogen and oxygen atoms in total. The first-order valence-corrected chi connectivity index (χ1v) is 6.22. The molecule has 0 fully saturated rings. The molecule has 1 aromatic rings. The van der Waals surface area contributed by atoms with E-state index in [4.69, 9.17) is 10.6 Å². The molecular weight excluding hydrogens is 257 g/mol. The summed E-state index contributed by atoms with van der Waals surface area (Å²) in [5.41, 5.74) is 3.08. The molecule has 0 aliphatic heterocycles. The second-order valence-corrected chi connectivity index (χ2v) is 4.26. The van der Waals surface area contributed by atoms with Crippen molar-refractivity contribution in [2.24, 2.45) is 5.84 Å². The van der Waals surface area contributed by atoms with Gasteiger partial charge in [0.1, 0.15) is 5.75 Å². The number of hydrogen-bond donors (Lipinski definition) is 2. The van der Waals surface area contributed by atoms with Crippen LogP contribution < -0.4 is 16.0 Å².